The van der Waals surface area contributed by atoms with Gasteiger partial charge in [0, 0.05) is 16.3 Å². The van der Waals surface area contributed by atoms with Gasteiger partial charge < -0.3 is 4.42 Å². The summed E-state index contributed by atoms with van der Waals surface area (Å²) < 4.78 is 5.70. The van der Waals surface area contributed by atoms with Crippen molar-refractivity contribution in [2.75, 3.05) is 0 Å². The predicted octanol–water partition coefficient (Wildman–Crippen LogP) is 5.55. The van der Waals surface area contributed by atoms with E-state index >= 15 is 0 Å². The molecule has 6 heteroatoms. The lowest BCUT2D eigenvalue weighted by atomic mass is 10.1. The highest BCUT2D eigenvalue weighted by Gasteiger charge is 2.13. The molecule has 5 aromatic rings. The van der Waals surface area contributed by atoms with E-state index in [-0.39, 0.29) is 5.76 Å². The van der Waals surface area contributed by atoms with E-state index < -0.39 is 5.91 Å². The topological polar surface area (TPSA) is 67.5 Å². The molecule has 2 aromatic heterocycles. The van der Waals surface area contributed by atoms with E-state index in [4.69, 9.17) is 16.0 Å². The molecule has 2 heterocycles. The summed E-state index contributed by atoms with van der Waals surface area (Å²) in [6.45, 7) is 0. The molecule has 0 saturated heterocycles. The van der Waals surface area contributed by atoms with Gasteiger partial charge in [0.25, 0.3) is 0 Å². The van der Waals surface area contributed by atoms with E-state index in [0.29, 0.717) is 16.3 Å². The number of carbonyl (C=O) groups excluding carboxylic acids is 1. The lowest BCUT2D eigenvalue weighted by molar-refractivity contribution is 0.0929. The third-order valence-electron chi connectivity index (χ3n) is 4.72. The molecule has 0 aliphatic rings. The minimum atomic E-state index is -0.439. The normalized spacial score (nSPS) is 11.6. The second-order valence-electron chi connectivity index (χ2n) is 6.57. The number of nitrogens with one attached hydrogen (secondary N) is 1. The highest BCUT2D eigenvalue weighted by molar-refractivity contribution is 6.32. The minimum absolute atomic E-state index is 0.191. The standard InChI is InChI=1S/C23H14ClN3O2/c24-22-16(11-15-6-2-4-8-19(15)26-22)13-25-27-23(28)21-12-18-17-7-3-1-5-14(17)9-10-20(18)29-21/h1-13H,(H,27,28)/b25-13+. The summed E-state index contributed by atoms with van der Waals surface area (Å²) in [4.78, 5) is 16.8. The monoisotopic (exact) mass is 399 g/mol. The van der Waals surface area contributed by atoms with E-state index in [9.17, 15) is 4.79 Å². The Balaban J connectivity index is 1.40. The first-order valence-electron chi connectivity index (χ1n) is 8.99. The van der Waals surface area contributed by atoms with Crippen LogP contribution in [0.25, 0.3) is 32.6 Å². The van der Waals surface area contributed by atoms with E-state index in [0.717, 1.165) is 27.1 Å². The highest BCUT2D eigenvalue weighted by atomic mass is 35.5. The van der Waals surface area contributed by atoms with Gasteiger partial charge in [-0.25, -0.2) is 10.4 Å². The van der Waals surface area contributed by atoms with Crippen molar-refractivity contribution in [3.8, 4) is 0 Å². The lowest BCUT2D eigenvalue weighted by Crippen LogP contribution is -2.16. The summed E-state index contributed by atoms with van der Waals surface area (Å²) in [5.74, 6) is -0.248. The maximum Gasteiger partial charge on any atom is 0.307 e. The van der Waals surface area contributed by atoms with Crippen molar-refractivity contribution in [3.63, 3.8) is 0 Å². The van der Waals surface area contributed by atoms with Crippen LogP contribution in [0.5, 0.6) is 0 Å². The molecule has 0 bridgehead atoms. The van der Waals surface area contributed by atoms with Crippen molar-refractivity contribution in [2.24, 2.45) is 5.10 Å². The first-order valence-corrected chi connectivity index (χ1v) is 9.37. The summed E-state index contributed by atoms with van der Waals surface area (Å²) in [6, 6.07) is 23.0. The van der Waals surface area contributed by atoms with Gasteiger partial charge in [0.15, 0.2) is 5.76 Å². The molecule has 140 valence electrons. The molecule has 0 fully saturated rings. The molecule has 0 aliphatic heterocycles. The molecule has 0 aliphatic carbocycles. The van der Waals surface area contributed by atoms with Crippen LogP contribution < -0.4 is 5.43 Å². The van der Waals surface area contributed by atoms with Gasteiger partial charge >= 0.3 is 5.91 Å². The Morgan fingerprint density at radius 1 is 0.966 bits per heavy atom. The highest BCUT2D eigenvalue weighted by Crippen LogP contribution is 2.28. The molecular weight excluding hydrogens is 386 g/mol. The number of aromatic nitrogens is 1. The molecule has 1 amide bonds. The Kier molecular flexibility index (Phi) is 4.22. The van der Waals surface area contributed by atoms with Crippen LogP contribution in [0.15, 0.2) is 82.3 Å². The molecule has 0 unspecified atom stereocenters. The van der Waals surface area contributed by atoms with E-state index in [1.165, 1.54) is 6.21 Å². The fraction of sp³-hybridized carbons (Fsp3) is 0. The first kappa shape index (κ1) is 17.4. The molecule has 1 N–H and O–H groups in total. The van der Waals surface area contributed by atoms with Crippen LogP contribution >= 0.6 is 11.6 Å². The first-order chi connectivity index (χ1) is 14.2. The summed E-state index contributed by atoms with van der Waals surface area (Å²) >= 11 is 6.21. The van der Waals surface area contributed by atoms with Crippen molar-refractivity contribution in [3.05, 3.63) is 89.3 Å². The Morgan fingerprint density at radius 3 is 2.66 bits per heavy atom. The number of rotatable bonds is 3. The summed E-state index contributed by atoms with van der Waals surface area (Å²) in [7, 11) is 0. The number of fused-ring (bicyclic) bond motifs is 4. The van der Waals surface area contributed by atoms with E-state index in [2.05, 4.69) is 15.5 Å². The van der Waals surface area contributed by atoms with Crippen LogP contribution in [0.3, 0.4) is 0 Å². The van der Waals surface area contributed by atoms with Crippen molar-refractivity contribution in [1.29, 1.82) is 0 Å². The zero-order chi connectivity index (χ0) is 19.8. The number of amides is 1. The average Bonchev–Trinajstić information content (AvgIpc) is 3.19. The Bertz CT molecular complexity index is 1420. The number of carbonyl (C=O) groups is 1. The maximum absolute atomic E-state index is 12.5. The number of furan rings is 1. The zero-order valence-electron chi connectivity index (χ0n) is 15.1. The SMILES string of the molecule is O=C(N/N=C/c1cc2ccccc2nc1Cl)c1cc2c(ccc3ccccc32)o1. The third kappa shape index (κ3) is 3.22. The van der Waals surface area contributed by atoms with E-state index in [1.807, 2.05) is 66.7 Å². The third-order valence-corrected chi connectivity index (χ3v) is 5.03. The van der Waals surface area contributed by atoms with Gasteiger partial charge in [0.05, 0.1) is 11.7 Å². The Labute approximate surface area is 170 Å². The summed E-state index contributed by atoms with van der Waals surface area (Å²) in [6.07, 6.45) is 1.47. The number of benzene rings is 3. The zero-order valence-corrected chi connectivity index (χ0v) is 15.9. The fourth-order valence-electron chi connectivity index (χ4n) is 3.32. The van der Waals surface area contributed by atoms with Crippen molar-refractivity contribution in [1.82, 2.24) is 10.4 Å². The van der Waals surface area contributed by atoms with Gasteiger partial charge in [0.2, 0.25) is 0 Å². The Morgan fingerprint density at radius 2 is 1.76 bits per heavy atom. The minimum Gasteiger partial charge on any atom is -0.451 e. The molecule has 0 radical (unpaired) electrons. The van der Waals surface area contributed by atoms with Gasteiger partial charge in [0.1, 0.15) is 10.7 Å². The second kappa shape index (κ2) is 7.04. The molecule has 0 atom stereocenters. The average molecular weight is 400 g/mol. The number of hydrogen-bond acceptors (Lipinski definition) is 4. The number of hydrogen-bond donors (Lipinski definition) is 1. The van der Waals surface area contributed by atoms with Gasteiger partial charge in [-0.15, -0.1) is 0 Å². The largest absolute Gasteiger partial charge is 0.451 e. The molecule has 3 aromatic carbocycles. The van der Waals surface area contributed by atoms with Crippen molar-refractivity contribution in [2.45, 2.75) is 0 Å². The number of pyridine rings is 1. The smallest absolute Gasteiger partial charge is 0.307 e. The van der Waals surface area contributed by atoms with Crippen LogP contribution in [-0.2, 0) is 0 Å². The van der Waals surface area contributed by atoms with Gasteiger partial charge in [-0.05, 0) is 35.0 Å². The van der Waals surface area contributed by atoms with E-state index in [1.54, 1.807) is 6.07 Å². The van der Waals surface area contributed by atoms with Gasteiger partial charge in [-0.2, -0.15) is 5.10 Å². The molecule has 5 rings (SSSR count). The van der Waals surface area contributed by atoms with Gasteiger partial charge in [-0.3, -0.25) is 4.79 Å². The lowest BCUT2D eigenvalue weighted by Gasteiger charge is -2.01. The number of hydrazone groups is 1. The van der Waals surface area contributed by atoms with Crippen LogP contribution in [0.2, 0.25) is 5.15 Å². The molecular formula is C23H14ClN3O2. The quantitative estimate of drug-likeness (QED) is 0.245. The van der Waals surface area contributed by atoms with Crippen LogP contribution in [0.1, 0.15) is 16.1 Å². The molecule has 0 spiro atoms. The molecule has 5 nitrogen and oxygen atoms in total. The maximum atomic E-state index is 12.5. The van der Waals surface area contributed by atoms with Crippen molar-refractivity contribution >= 4 is 56.4 Å². The molecule has 29 heavy (non-hydrogen) atoms. The van der Waals surface area contributed by atoms with Crippen molar-refractivity contribution < 1.29 is 9.21 Å². The second-order valence-corrected chi connectivity index (χ2v) is 6.93. The predicted molar refractivity (Wildman–Crippen MR) is 116 cm³/mol. The number of nitrogens with zero attached hydrogens (tertiary/aromatic N) is 2. The van der Waals surface area contributed by atoms with Gasteiger partial charge in [-0.1, -0.05) is 60.1 Å². The number of para-hydroxylation sites is 1. The Hall–Kier alpha value is -3.70. The number of halogens is 1. The van der Waals surface area contributed by atoms with Crippen LogP contribution in [0.4, 0.5) is 0 Å². The van der Waals surface area contributed by atoms with Crippen LogP contribution in [0, 0.1) is 0 Å². The fourth-order valence-corrected chi connectivity index (χ4v) is 3.51. The summed E-state index contributed by atoms with van der Waals surface area (Å²) in [5, 5.41) is 8.27. The molecule has 0 saturated carbocycles. The summed E-state index contributed by atoms with van der Waals surface area (Å²) in [5.41, 5.74) is 4.55. The van der Waals surface area contributed by atoms with Crippen LogP contribution in [-0.4, -0.2) is 17.1 Å².